The van der Waals surface area contributed by atoms with Crippen molar-refractivity contribution in [3.8, 4) is 0 Å². The van der Waals surface area contributed by atoms with Gasteiger partial charge < -0.3 is 19.3 Å². The van der Waals surface area contributed by atoms with E-state index < -0.39 is 12.0 Å². The number of aliphatic imine (C=N–C) groups is 1. The number of carbonyl (C=O) groups is 2. The van der Waals surface area contributed by atoms with Gasteiger partial charge in [-0.15, -0.1) is 0 Å². The molecule has 0 unspecified atom stereocenters. The van der Waals surface area contributed by atoms with Crippen LogP contribution >= 0.6 is 23.4 Å². The van der Waals surface area contributed by atoms with Crippen molar-refractivity contribution in [3.63, 3.8) is 0 Å². The Morgan fingerprint density at radius 2 is 2.00 bits per heavy atom. The summed E-state index contributed by atoms with van der Waals surface area (Å²) in [4.78, 5) is 34.6. The molecule has 0 spiro atoms. The van der Waals surface area contributed by atoms with Crippen LogP contribution in [-0.4, -0.2) is 59.3 Å². The standard InChI is InChI=1S/C23H26ClN3O4S/c1-14(2)31-22(29)20-15(3)25-23-27(21(20)17-6-4-5-7-18(17)24)16(13-32-23)12-19(28)26-8-10-30-11-9-26/h4-7,13-14,21H,8-12H2,1-3H3/t21-/m0/s1. The molecule has 0 N–H and O–H groups in total. The summed E-state index contributed by atoms with van der Waals surface area (Å²) in [7, 11) is 0. The lowest BCUT2D eigenvalue weighted by molar-refractivity contribution is -0.143. The van der Waals surface area contributed by atoms with Crippen molar-refractivity contribution < 1.29 is 19.1 Å². The van der Waals surface area contributed by atoms with Crippen molar-refractivity contribution in [1.29, 1.82) is 0 Å². The summed E-state index contributed by atoms with van der Waals surface area (Å²) >= 11 is 8.04. The maximum absolute atomic E-state index is 13.1. The number of benzene rings is 1. The minimum absolute atomic E-state index is 0.0249. The first-order chi connectivity index (χ1) is 15.4. The van der Waals surface area contributed by atoms with Gasteiger partial charge in [-0.1, -0.05) is 41.6 Å². The highest BCUT2D eigenvalue weighted by Gasteiger charge is 2.42. The van der Waals surface area contributed by atoms with E-state index in [0.29, 0.717) is 42.6 Å². The van der Waals surface area contributed by atoms with Gasteiger partial charge >= 0.3 is 5.97 Å². The monoisotopic (exact) mass is 475 g/mol. The predicted molar refractivity (Wildman–Crippen MR) is 125 cm³/mol. The number of halogens is 1. The van der Waals surface area contributed by atoms with Crippen molar-refractivity contribution >= 4 is 40.4 Å². The number of ether oxygens (including phenoxy) is 2. The SMILES string of the molecule is CC1=C(C(=O)OC(C)C)[C@H](c2ccccc2Cl)N2C(CC(=O)N3CCOCC3)=CSC2=N1. The molecule has 0 bridgehead atoms. The van der Waals surface area contributed by atoms with Gasteiger partial charge in [-0.05, 0) is 37.8 Å². The molecular weight excluding hydrogens is 450 g/mol. The number of hydrogen-bond donors (Lipinski definition) is 0. The van der Waals surface area contributed by atoms with E-state index in [1.54, 1.807) is 6.07 Å². The largest absolute Gasteiger partial charge is 0.459 e. The van der Waals surface area contributed by atoms with E-state index in [-0.39, 0.29) is 18.4 Å². The summed E-state index contributed by atoms with van der Waals surface area (Å²) in [6.07, 6.45) is -0.0654. The Bertz CT molecular complexity index is 1010. The lowest BCUT2D eigenvalue weighted by Crippen LogP contribution is -2.42. The van der Waals surface area contributed by atoms with E-state index in [0.717, 1.165) is 16.4 Å². The molecule has 170 valence electrons. The smallest absolute Gasteiger partial charge is 0.338 e. The summed E-state index contributed by atoms with van der Waals surface area (Å²) in [5.41, 5.74) is 2.58. The zero-order valence-corrected chi connectivity index (χ0v) is 19.9. The Balaban J connectivity index is 1.71. The summed E-state index contributed by atoms with van der Waals surface area (Å²) in [5.74, 6) is -0.405. The molecule has 1 atom stereocenters. The number of amides is 1. The Morgan fingerprint density at radius 1 is 1.28 bits per heavy atom. The summed E-state index contributed by atoms with van der Waals surface area (Å²) in [5, 5.41) is 3.20. The van der Waals surface area contributed by atoms with Gasteiger partial charge in [-0.3, -0.25) is 4.79 Å². The Labute approximate surface area is 197 Å². The van der Waals surface area contributed by atoms with E-state index in [1.165, 1.54) is 11.8 Å². The highest BCUT2D eigenvalue weighted by atomic mass is 35.5. The first-order valence-electron chi connectivity index (χ1n) is 10.6. The van der Waals surface area contributed by atoms with E-state index in [1.807, 2.05) is 54.2 Å². The number of allylic oxidation sites excluding steroid dienone is 1. The fourth-order valence-corrected chi connectivity index (χ4v) is 5.18. The fourth-order valence-electron chi connectivity index (χ4n) is 3.98. The minimum atomic E-state index is -0.527. The number of rotatable bonds is 5. The molecule has 1 aromatic rings. The third-order valence-corrected chi connectivity index (χ3v) is 6.69. The van der Waals surface area contributed by atoms with Gasteiger partial charge in [0.15, 0.2) is 5.17 Å². The molecule has 0 radical (unpaired) electrons. The van der Waals surface area contributed by atoms with Gasteiger partial charge in [0.05, 0.1) is 43.1 Å². The van der Waals surface area contributed by atoms with Gasteiger partial charge in [0.25, 0.3) is 0 Å². The molecule has 32 heavy (non-hydrogen) atoms. The topological polar surface area (TPSA) is 71.4 Å². The third-order valence-electron chi connectivity index (χ3n) is 5.46. The van der Waals surface area contributed by atoms with Crippen molar-refractivity contribution in [2.24, 2.45) is 4.99 Å². The normalized spacial score (nSPS) is 20.8. The fraction of sp³-hybridized carbons (Fsp3) is 0.435. The van der Waals surface area contributed by atoms with Crippen LogP contribution in [-0.2, 0) is 19.1 Å². The molecule has 3 heterocycles. The molecule has 1 aromatic carbocycles. The number of thioether (sulfide) groups is 1. The number of morpholine rings is 1. The maximum Gasteiger partial charge on any atom is 0.338 e. The van der Waals surface area contributed by atoms with Crippen LogP contribution in [0.3, 0.4) is 0 Å². The van der Waals surface area contributed by atoms with Gasteiger partial charge in [0.1, 0.15) is 0 Å². The molecule has 4 rings (SSSR count). The van der Waals surface area contributed by atoms with Gasteiger partial charge in [0, 0.05) is 23.8 Å². The van der Waals surface area contributed by atoms with Crippen LogP contribution in [0.2, 0.25) is 5.02 Å². The first-order valence-corrected chi connectivity index (χ1v) is 11.9. The third kappa shape index (κ3) is 4.58. The van der Waals surface area contributed by atoms with Crippen molar-refractivity contribution in [2.45, 2.75) is 39.3 Å². The van der Waals surface area contributed by atoms with Crippen molar-refractivity contribution in [3.05, 3.63) is 57.2 Å². The van der Waals surface area contributed by atoms with Crippen LogP contribution in [0.4, 0.5) is 0 Å². The zero-order chi connectivity index (χ0) is 22.8. The van der Waals surface area contributed by atoms with E-state index in [9.17, 15) is 9.59 Å². The molecule has 0 aromatic heterocycles. The zero-order valence-electron chi connectivity index (χ0n) is 18.3. The van der Waals surface area contributed by atoms with Crippen molar-refractivity contribution in [2.75, 3.05) is 26.3 Å². The van der Waals surface area contributed by atoms with Gasteiger partial charge in [0.2, 0.25) is 5.91 Å². The van der Waals surface area contributed by atoms with E-state index in [4.69, 9.17) is 21.1 Å². The highest BCUT2D eigenvalue weighted by molar-refractivity contribution is 8.16. The van der Waals surface area contributed by atoms with Crippen LogP contribution in [0.25, 0.3) is 0 Å². The summed E-state index contributed by atoms with van der Waals surface area (Å²) in [6, 6.07) is 6.91. The molecule has 0 saturated carbocycles. The number of esters is 1. The molecule has 1 fully saturated rings. The average molecular weight is 476 g/mol. The number of nitrogens with zero attached hydrogens (tertiary/aromatic N) is 3. The van der Waals surface area contributed by atoms with Gasteiger partial charge in [-0.25, -0.2) is 9.79 Å². The molecule has 3 aliphatic rings. The molecule has 3 aliphatic heterocycles. The molecule has 1 saturated heterocycles. The predicted octanol–water partition coefficient (Wildman–Crippen LogP) is 4.12. The summed E-state index contributed by atoms with van der Waals surface area (Å²) < 4.78 is 10.9. The highest BCUT2D eigenvalue weighted by Crippen LogP contribution is 2.46. The Morgan fingerprint density at radius 3 is 2.69 bits per heavy atom. The van der Waals surface area contributed by atoms with Crippen LogP contribution in [0.1, 0.15) is 38.8 Å². The second-order valence-electron chi connectivity index (χ2n) is 8.04. The number of amidine groups is 1. The molecule has 1 amide bonds. The first kappa shape index (κ1) is 22.9. The van der Waals surface area contributed by atoms with Gasteiger partial charge in [-0.2, -0.15) is 0 Å². The van der Waals surface area contributed by atoms with E-state index in [2.05, 4.69) is 4.99 Å². The molecule has 9 heteroatoms. The summed E-state index contributed by atoms with van der Waals surface area (Å²) in [6.45, 7) is 7.69. The second kappa shape index (κ2) is 9.68. The van der Waals surface area contributed by atoms with Crippen molar-refractivity contribution in [1.82, 2.24) is 9.80 Å². The van der Waals surface area contributed by atoms with Crippen LogP contribution < -0.4 is 0 Å². The number of hydrogen-bond acceptors (Lipinski definition) is 7. The lowest BCUT2D eigenvalue weighted by atomic mass is 9.93. The molecule has 7 nitrogen and oxygen atoms in total. The van der Waals surface area contributed by atoms with Crippen LogP contribution in [0.15, 0.2) is 51.6 Å². The van der Waals surface area contributed by atoms with Crippen LogP contribution in [0.5, 0.6) is 0 Å². The number of carbonyl (C=O) groups excluding carboxylic acids is 2. The van der Waals surface area contributed by atoms with E-state index >= 15 is 0 Å². The maximum atomic E-state index is 13.1. The Kier molecular flexibility index (Phi) is 6.93. The molecular formula is C23H26ClN3O4S. The molecule has 0 aliphatic carbocycles. The number of fused-ring (bicyclic) bond motifs is 1. The lowest BCUT2D eigenvalue weighted by Gasteiger charge is -2.37. The second-order valence-corrected chi connectivity index (χ2v) is 9.28. The minimum Gasteiger partial charge on any atom is -0.459 e. The van der Waals surface area contributed by atoms with Crippen LogP contribution in [0, 0.1) is 0 Å². The Hall–Kier alpha value is -2.29. The quantitative estimate of drug-likeness (QED) is 0.597. The average Bonchev–Trinajstić information content (AvgIpc) is 3.15.